The molecule has 1 aliphatic heterocycles. The van der Waals surface area contributed by atoms with Crippen molar-refractivity contribution in [2.24, 2.45) is 0 Å². The fourth-order valence-electron chi connectivity index (χ4n) is 4.02. The van der Waals surface area contributed by atoms with E-state index < -0.39 is 29.6 Å². The van der Waals surface area contributed by atoms with E-state index in [0.717, 1.165) is 11.3 Å². The van der Waals surface area contributed by atoms with Crippen LogP contribution in [0.15, 0.2) is 36.9 Å². The lowest BCUT2D eigenvalue weighted by Gasteiger charge is -2.36. The van der Waals surface area contributed by atoms with E-state index >= 15 is 4.39 Å². The van der Waals surface area contributed by atoms with Crippen LogP contribution in [0.5, 0.6) is 5.75 Å². The molecule has 0 saturated carbocycles. The number of halogens is 1. The quantitative estimate of drug-likeness (QED) is 0.579. The van der Waals surface area contributed by atoms with E-state index in [2.05, 4.69) is 20.3 Å². The lowest BCUT2D eigenvalue weighted by Crippen LogP contribution is -2.53. The van der Waals surface area contributed by atoms with Gasteiger partial charge in [0.1, 0.15) is 18.2 Å². The largest absolute Gasteiger partial charge is 0.497 e. The van der Waals surface area contributed by atoms with Crippen LogP contribution in [0.1, 0.15) is 39.5 Å². The molecule has 1 N–H and O–H groups in total. The highest BCUT2D eigenvalue weighted by molar-refractivity contribution is 5.82. The summed E-state index contributed by atoms with van der Waals surface area (Å²) >= 11 is 0. The van der Waals surface area contributed by atoms with Crippen molar-refractivity contribution < 1.29 is 23.4 Å². The number of benzene rings is 1. The van der Waals surface area contributed by atoms with Gasteiger partial charge in [-0.15, -0.1) is 0 Å². The van der Waals surface area contributed by atoms with Crippen LogP contribution in [0.2, 0.25) is 0 Å². The average molecular weight is 443 g/mol. The number of alkyl halides is 1. The Kier molecular flexibility index (Phi) is 5.49. The molecule has 0 aliphatic carbocycles. The number of esters is 1. The number of hydrogen-bond donors (Lipinski definition) is 1. The topological polar surface area (TPSA) is 100 Å². The fraction of sp³-hybridized carbons (Fsp3) is 0.455. The molecule has 10 heteroatoms. The van der Waals surface area contributed by atoms with Gasteiger partial charge in [-0.1, -0.05) is 12.1 Å². The van der Waals surface area contributed by atoms with Gasteiger partial charge < -0.3 is 19.5 Å². The number of imidazole rings is 1. The number of nitrogens with one attached hydrogen (secondary N) is 1. The number of anilines is 1. The van der Waals surface area contributed by atoms with E-state index in [0.29, 0.717) is 23.5 Å². The molecule has 2 unspecified atom stereocenters. The number of nitrogens with zero attached hydrogens (tertiary/aromatic N) is 4. The van der Waals surface area contributed by atoms with Crippen molar-refractivity contribution in [3.8, 4) is 5.75 Å². The van der Waals surface area contributed by atoms with Crippen molar-refractivity contribution in [1.29, 1.82) is 0 Å². The molecule has 9 nitrogen and oxygen atoms in total. The Bertz CT molecular complexity index is 1150. The van der Waals surface area contributed by atoms with Gasteiger partial charge in [0.2, 0.25) is 0 Å². The van der Waals surface area contributed by atoms with Crippen molar-refractivity contribution in [2.75, 3.05) is 12.4 Å². The molecule has 4 atom stereocenters. The molecular formula is C22H26FN5O4. The predicted molar refractivity (Wildman–Crippen MR) is 115 cm³/mol. The van der Waals surface area contributed by atoms with E-state index in [4.69, 9.17) is 14.2 Å². The Morgan fingerprint density at radius 2 is 2.09 bits per heavy atom. The molecule has 0 bridgehead atoms. The maximum Gasteiger partial charge on any atom is 0.303 e. The third-order valence-corrected chi connectivity index (χ3v) is 6.10. The smallest absolute Gasteiger partial charge is 0.303 e. The third-order valence-electron chi connectivity index (χ3n) is 6.10. The highest BCUT2D eigenvalue weighted by Crippen LogP contribution is 2.50. The van der Waals surface area contributed by atoms with Crippen LogP contribution in [0.3, 0.4) is 0 Å². The number of fused-ring (bicyclic) bond motifs is 1. The zero-order chi connectivity index (χ0) is 23.1. The van der Waals surface area contributed by atoms with Crippen LogP contribution in [0, 0.1) is 0 Å². The zero-order valence-electron chi connectivity index (χ0n) is 18.6. The first-order chi connectivity index (χ1) is 15.2. The molecule has 1 aliphatic rings. The molecule has 4 rings (SSSR count). The Labute approximate surface area is 184 Å². The molecule has 1 fully saturated rings. The van der Waals surface area contributed by atoms with Gasteiger partial charge in [0, 0.05) is 13.5 Å². The van der Waals surface area contributed by atoms with Gasteiger partial charge in [-0.05, 0) is 38.5 Å². The van der Waals surface area contributed by atoms with E-state index in [1.165, 1.54) is 38.0 Å². The Hall–Kier alpha value is -3.27. The molecule has 1 saturated heterocycles. The van der Waals surface area contributed by atoms with Gasteiger partial charge in [0.15, 0.2) is 34.5 Å². The van der Waals surface area contributed by atoms with Crippen LogP contribution in [-0.4, -0.2) is 50.0 Å². The highest BCUT2D eigenvalue weighted by Gasteiger charge is 2.65. The molecule has 0 radical (unpaired) electrons. The Morgan fingerprint density at radius 3 is 2.81 bits per heavy atom. The second-order valence-corrected chi connectivity index (χ2v) is 8.16. The number of carbonyl (C=O) groups is 1. The summed E-state index contributed by atoms with van der Waals surface area (Å²) in [5.41, 5.74) is -1.63. The first-order valence-corrected chi connectivity index (χ1v) is 10.3. The minimum absolute atomic E-state index is 0.404. The lowest BCUT2D eigenvalue weighted by atomic mass is 9.84. The molecular weight excluding hydrogens is 417 g/mol. The molecule has 0 spiro atoms. The number of methoxy groups -OCH3 is 1. The minimum atomic E-state index is -2.04. The number of aromatic nitrogens is 4. The highest BCUT2D eigenvalue weighted by atomic mass is 19.1. The number of carbonyl (C=O) groups excluding carboxylic acids is 1. The molecule has 3 aromatic rings. The minimum Gasteiger partial charge on any atom is -0.497 e. The van der Waals surface area contributed by atoms with E-state index in [1.807, 2.05) is 24.3 Å². The monoisotopic (exact) mass is 443 g/mol. The first-order valence-electron chi connectivity index (χ1n) is 10.3. The summed E-state index contributed by atoms with van der Waals surface area (Å²) in [7, 11) is 1.62. The van der Waals surface area contributed by atoms with Gasteiger partial charge >= 0.3 is 5.97 Å². The Morgan fingerprint density at radius 1 is 1.31 bits per heavy atom. The molecule has 170 valence electrons. The Balaban J connectivity index is 1.64. The average Bonchev–Trinajstić information content (AvgIpc) is 3.25. The summed E-state index contributed by atoms with van der Waals surface area (Å²) < 4.78 is 34.1. The molecule has 32 heavy (non-hydrogen) atoms. The van der Waals surface area contributed by atoms with E-state index in [1.54, 1.807) is 14.0 Å². The maximum atomic E-state index is 16.0. The van der Waals surface area contributed by atoms with Gasteiger partial charge in [0.05, 0.1) is 13.4 Å². The predicted octanol–water partition coefficient (Wildman–Crippen LogP) is 3.41. The SMILES string of the molecule is COc1cccc(CNc2ncnc3c2ncn3C2O[C@H](C)C(C)(OC(C)=O)[C@@]2(C)F)c1. The standard InChI is InChI=1S/C22H26FN5O4/c1-13-22(4,32-14(2)29)21(3,23)20(31-13)28-12-27-17-18(25-11-26-19(17)28)24-10-15-7-6-8-16(9-15)30-5/h6-9,11-13,20H,10H2,1-5H3,(H,24,25,26)/t13-,20?,21+,22?/m1/s1. The maximum absolute atomic E-state index is 16.0. The molecule has 3 heterocycles. The van der Waals surface area contributed by atoms with Crippen molar-refractivity contribution in [2.45, 2.75) is 57.8 Å². The molecule has 1 aromatic carbocycles. The van der Waals surface area contributed by atoms with Crippen LogP contribution in [-0.2, 0) is 20.8 Å². The zero-order valence-corrected chi connectivity index (χ0v) is 18.6. The van der Waals surface area contributed by atoms with Crippen molar-refractivity contribution in [3.05, 3.63) is 42.5 Å². The molecule has 0 amide bonds. The summed E-state index contributed by atoms with van der Waals surface area (Å²) in [5.74, 6) is 0.687. The summed E-state index contributed by atoms with van der Waals surface area (Å²) in [5, 5.41) is 3.24. The van der Waals surface area contributed by atoms with E-state index in [-0.39, 0.29) is 0 Å². The van der Waals surface area contributed by atoms with Crippen molar-refractivity contribution in [1.82, 2.24) is 19.5 Å². The second-order valence-electron chi connectivity index (χ2n) is 8.16. The van der Waals surface area contributed by atoms with Crippen LogP contribution in [0.25, 0.3) is 11.2 Å². The normalized spacial score (nSPS) is 27.4. The lowest BCUT2D eigenvalue weighted by molar-refractivity contribution is -0.172. The second kappa shape index (κ2) is 8.01. The summed E-state index contributed by atoms with van der Waals surface area (Å²) in [4.78, 5) is 24.6. The number of ether oxygens (including phenoxy) is 3. The summed E-state index contributed by atoms with van der Waals surface area (Å²) in [6.07, 6.45) is 1.07. The van der Waals surface area contributed by atoms with E-state index in [9.17, 15) is 4.79 Å². The summed E-state index contributed by atoms with van der Waals surface area (Å²) in [6.45, 7) is 6.31. The first kappa shape index (κ1) is 21.9. The van der Waals surface area contributed by atoms with Gasteiger partial charge in [-0.3, -0.25) is 9.36 Å². The fourth-order valence-corrected chi connectivity index (χ4v) is 4.02. The third kappa shape index (κ3) is 3.54. The van der Waals surface area contributed by atoms with Gasteiger partial charge in [-0.2, -0.15) is 0 Å². The van der Waals surface area contributed by atoms with Crippen LogP contribution in [0.4, 0.5) is 10.2 Å². The van der Waals surface area contributed by atoms with Crippen LogP contribution >= 0.6 is 0 Å². The molecule has 2 aromatic heterocycles. The number of rotatable bonds is 6. The van der Waals surface area contributed by atoms with Crippen molar-refractivity contribution >= 4 is 23.0 Å². The van der Waals surface area contributed by atoms with Gasteiger partial charge in [0.25, 0.3) is 0 Å². The van der Waals surface area contributed by atoms with Gasteiger partial charge in [-0.25, -0.2) is 19.3 Å². The van der Waals surface area contributed by atoms with Crippen LogP contribution < -0.4 is 10.1 Å². The summed E-state index contributed by atoms with van der Waals surface area (Å²) in [6, 6.07) is 7.65. The van der Waals surface area contributed by atoms with Crippen molar-refractivity contribution in [3.63, 3.8) is 0 Å². The number of hydrogen-bond acceptors (Lipinski definition) is 8.